The predicted molar refractivity (Wildman–Crippen MR) is 184 cm³/mol. The molecule has 0 aliphatic carbocycles. The summed E-state index contributed by atoms with van der Waals surface area (Å²) in [4.78, 5) is 45.3. The molecule has 41 heavy (non-hydrogen) atoms. The first-order chi connectivity index (χ1) is 18.9. The van der Waals surface area contributed by atoms with Gasteiger partial charge in [-0.2, -0.15) is 0 Å². The molecule has 7 nitrogen and oxygen atoms in total. The van der Waals surface area contributed by atoms with Crippen molar-refractivity contribution in [2.75, 3.05) is 0 Å². The lowest BCUT2D eigenvalue weighted by molar-refractivity contribution is 0.361. The molecule has 11 heteroatoms. The van der Waals surface area contributed by atoms with Gasteiger partial charge in [0, 0.05) is 0 Å². The second kappa shape index (κ2) is 31.7. The zero-order valence-electron chi connectivity index (χ0n) is 26.0. The first-order valence-electron chi connectivity index (χ1n) is 15.5. The summed E-state index contributed by atoms with van der Waals surface area (Å²) in [6, 6.07) is 9.26. The van der Waals surface area contributed by atoms with E-state index in [1.54, 1.807) is 11.1 Å². The van der Waals surface area contributed by atoms with Gasteiger partial charge in [0.15, 0.2) is 0 Å². The second-order valence-electron chi connectivity index (χ2n) is 10.7. The van der Waals surface area contributed by atoms with Gasteiger partial charge in [0.05, 0.1) is 0 Å². The van der Waals surface area contributed by atoms with E-state index in [0.717, 1.165) is 0 Å². The Morgan fingerprint density at radius 1 is 0.439 bits per heavy atom. The Labute approximate surface area is 262 Å². The summed E-state index contributed by atoms with van der Waals surface area (Å²) in [5.74, 6) is 0. The smallest absolute Gasteiger partial charge is 0.319 e. The van der Waals surface area contributed by atoms with Crippen LogP contribution in [0, 0.1) is 0 Å². The summed E-state index contributed by atoms with van der Waals surface area (Å²) in [6.07, 6.45) is 31.2. The molecule has 9 N–H and O–H groups in total. The van der Waals surface area contributed by atoms with Crippen molar-refractivity contribution in [2.45, 2.75) is 155 Å². The quantitative estimate of drug-likeness (QED) is 0.0476. The van der Waals surface area contributed by atoms with Gasteiger partial charge >= 0.3 is 13.4 Å². The maximum Gasteiger partial charge on any atom is 0.319 e. The molecule has 0 aliphatic heterocycles. The number of aryl methyl sites for hydroxylation is 2. The van der Waals surface area contributed by atoms with Crippen molar-refractivity contribution in [3.63, 3.8) is 0 Å². The molecule has 0 atom stereocenters. The van der Waals surface area contributed by atoms with E-state index < -0.39 is 13.4 Å². The maximum atomic E-state index is 7.56. The van der Waals surface area contributed by atoms with Crippen LogP contribution in [0.15, 0.2) is 24.3 Å². The molecule has 0 fully saturated rings. The lowest BCUT2D eigenvalue weighted by Crippen LogP contribution is -1.95. The molecule has 1 aromatic carbocycles. The van der Waals surface area contributed by atoms with Crippen molar-refractivity contribution in [3.05, 3.63) is 35.4 Å². The van der Waals surface area contributed by atoms with Gasteiger partial charge in [-0.3, -0.25) is 0 Å². The highest BCUT2D eigenvalue weighted by atomic mass is 32.5. The van der Waals surface area contributed by atoms with Crippen LogP contribution in [0.4, 0.5) is 0 Å². The minimum absolute atomic E-state index is 0. The van der Waals surface area contributed by atoms with Gasteiger partial charge in [-0.1, -0.05) is 154 Å². The summed E-state index contributed by atoms with van der Waals surface area (Å²) in [5, 5.41) is 0. The third-order valence-corrected chi connectivity index (χ3v) is 6.72. The summed E-state index contributed by atoms with van der Waals surface area (Å²) in [7, 11) is 0. The molecule has 1 aromatic rings. The van der Waals surface area contributed by atoms with Gasteiger partial charge in [-0.05, 0) is 60.4 Å². The van der Waals surface area contributed by atoms with Crippen molar-refractivity contribution in [2.24, 2.45) is 0 Å². The molecular weight excluding hydrogens is 596 g/mol. The number of hydrogen-bond acceptors (Lipinski definition) is 3. The van der Waals surface area contributed by atoms with Gasteiger partial charge in [0.2, 0.25) is 0 Å². The molecule has 0 radical (unpaired) electrons. The molecule has 246 valence electrons. The van der Waals surface area contributed by atoms with Crippen LogP contribution in [0.1, 0.15) is 153 Å². The van der Waals surface area contributed by atoms with Crippen molar-refractivity contribution in [1.82, 2.24) is 6.15 Å². The van der Waals surface area contributed by atoms with Crippen LogP contribution in [-0.2, 0) is 36.5 Å². The lowest BCUT2D eigenvalue weighted by atomic mass is 9.96. The number of unbranched alkanes of at least 4 members (excludes halogenated alkanes) is 18. The molecule has 0 aromatic heterocycles. The largest absolute Gasteiger partial charge is 0.344 e. The third-order valence-electron chi connectivity index (χ3n) is 6.72. The van der Waals surface area contributed by atoms with E-state index in [4.69, 9.17) is 29.4 Å². The monoisotopic (exact) mass is 659 g/mol. The van der Waals surface area contributed by atoms with Crippen molar-refractivity contribution < 1.29 is 29.4 Å². The van der Waals surface area contributed by atoms with Crippen molar-refractivity contribution in [1.29, 1.82) is 0 Å². The van der Waals surface area contributed by atoms with Gasteiger partial charge < -0.3 is 35.5 Å². The van der Waals surface area contributed by atoms with Gasteiger partial charge in [-0.25, -0.2) is 0 Å². The molecule has 0 amide bonds. The Bertz CT molecular complexity index is 698. The first kappa shape index (κ1) is 45.7. The summed E-state index contributed by atoms with van der Waals surface area (Å²) in [6.45, 7) is -3.01. The SMILES string of the molecule is CCCCCCCCCCCCc1ccccc1CCCCCCCCCCCC.N.OP(O)(O)=S.OP(O)(O)=S. The van der Waals surface area contributed by atoms with E-state index in [-0.39, 0.29) is 6.15 Å². The number of rotatable bonds is 22. The van der Waals surface area contributed by atoms with Crippen LogP contribution in [-0.4, -0.2) is 29.4 Å². The van der Waals surface area contributed by atoms with Crippen LogP contribution < -0.4 is 6.15 Å². The van der Waals surface area contributed by atoms with Crippen LogP contribution in [0.5, 0.6) is 0 Å². The molecule has 0 aliphatic rings. The van der Waals surface area contributed by atoms with Crippen LogP contribution in [0.2, 0.25) is 0 Å². The van der Waals surface area contributed by atoms with Crippen LogP contribution in [0.3, 0.4) is 0 Å². The van der Waals surface area contributed by atoms with E-state index in [1.807, 2.05) is 0 Å². The van der Waals surface area contributed by atoms with Crippen molar-refractivity contribution >= 4 is 37.1 Å². The van der Waals surface area contributed by atoms with E-state index in [0.29, 0.717) is 0 Å². The van der Waals surface area contributed by atoms with E-state index >= 15 is 0 Å². The summed E-state index contributed by atoms with van der Waals surface area (Å²) >= 11 is 7.21. The summed E-state index contributed by atoms with van der Waals surface area (Å²) < 4.78 is 0. The molecule has 0 unspecified atom stereocenters. The molecule has 0 spiro atoms. The average molecular weight is 660 g/mol. The molecule has 0 heterocycles. The number of benzene rings is 1. The van der Waals surface area contributed by atoms with Crippen LogP contribution >= 0.6 is 13.4 Å². The highest BCUT2D eigenvalue weighted by molar-refractivity contribution is 8.06. The minimum atomic E-state index is -3.81. The fourth-order valence-corrected chi connectivity index (χ4v) is 4.65. The minimum Gasteiger partial charge on any atom is -0.344 e. The van der Waals surface area contributed by atoms with Crippen LogP contribution in [0.25, 0.3) is 0 Å². The molecule has 0 saturated heterocycles. The molecular formula is C30H63NO6P2S2. The van der Waals surface area contributed by atoms with E-state index in [1.165, 1.54) is 141 Å². The molecule has 1 rings (SSSR count). The van der Waals surface area contributed by atoms with Gasteiger partial charge in [-0.15, -0.1) is 0 Å². The normalized spacial score (nSPS) is 11.1. The number of hydrogen-bond donors (Lipinski definition) is 7. The second-order valence-corrected chi connectivity index (χ2v) is 15.7. The highest BCUT2D eigenvalue weighted by Crippen LogP contribution is 2.27. The Kier molecular flexibility index (Phi) is 35.3. The fourth-order valence-electron chi connectivity index (χ4n) is 4.65. The first-order valence-corrected chi connectivity index (χ1v) is 20.8. The highest BCUT2D eigenvalue weighted by Gasteiger charge is 2.02. The van der Waals surface area contributed by atoms with E-state index in [9.17, 15) is 0 Å². The molecule has 0 saturated carbocycles. The standard InChI is InChI=1S/C30H54.H3N.2H3O3PS/c1-3-5-7-9-11-13-15-17-19-21-25-29-27-23-24-28-30(29)26-22-20-18-16-14-12-10-8-6-4-2;;2*1-4(2,3)5/h23-24,27-28H,3-22,25-26H2,1-2H3;1H3;2*(H3,1,2,3,5). The zero-order chi connectivity index (χ0) is 30.5. The maximum absolute atomic E-state index is 7.56. The Balaban J connectivity index is -0.00000112. The zero-order valence-corrected chi connectivity index (χ0v) is 29.4. The van der Waals surface area contributed by atoms with Crippen molar-refractivity contribution in [3.8, 4) is 0 Å². The third kappa shape index (κ3) is 47.4. The predicted octanol–water partition coefficient (Wildman–Crippen LogP) is 9.15. The average Bonchev–Trinajstić information content (AvgIpc) is 2.85. The molecule has 0 bridgehead atoms. The Hall–Kier alpha value is 0.240. The Morgan fingerprint density at radius 3 is 0.854 bits per heavy atom. The Morgan fingerprint density at radius 2 is 0.634 bits per heavy atom. The fraction of sp³-hybridized carbons (Fsp3) is 0.800. The van der Waals surface area contributed by atoms with Gasteiger partial charge in [0.25, 0.3) is 0 Å². The lowest BCUT2D eigenvalue weighted by Gasteiger charge is -2.10. The van der Waals surface area contributed by atoms with E-state index in [2.05, 4.69) is 61.7 Å². The topological polar surface area (TPSA) is 156 Å². The van der Waals surface area contributed by atoms with Gasteiger partial charge in [0.1, 0.15) is 0 Å². The summed E-state index contributed by atoms with van der Waals surface area (Å²) in [5.41, 5.74) is 3.26.